The fraction of sp³-hybridized carbons (Fsp3) is 0.261. The molecule has 8 heteroatoms. The van der Waals surface area contributed by atoms with Crippen LogP contribution in [0.4, 0.5) is 0 Å². The average Bonchev–Trinajstić information content (AvgIpc) is 3.13. The minimum absolute atomic E-state index is 0.0138. The van der Waals surface area contributed by atoms with Gasteiger partial charge in [0.1, 0.15) is 6.54 Å². The number of amides is 1. The standard InChI is InChI=1S/C23H22N4O3S/c1-3-4-5-15-6-9-19-20(12-15)31-23(27(19)14-21(28)30-2)26-22(29)16-7-8-17-18(13-16)25-11-10-24-17/h6-13H,3-5,14H2,1-2H3. The van der Waals surface area contributed by atoms with Gasteiger partial charge in [0, 0.05) is 18.0 Å². The number of aromatic nitrogens is 3. The highest BCUT2D eigenvalue weighted by Gasteiger charge is 2.13. The number of aryl methyl sites for hydroxylation is 1. The number of hydrogen-bond acceptors (Lipinski definition) is 6. The van der Waals surface area contributed by atoms with E-state index in [4.69, 9.17) is 4.74 Å². The average molecular weight is 435 g/mol. The van der Waals surface area contributed by atoms with E-state index in [1.165, 1.54) is 24.0 Å². The molecule has 0 N–H and O–H groups in total. The Morgan fingerprint density at radius 2 is 1.90 bits per heavy atom. The summed E-state index contributed by atoms with van der Waals surface area (Å²) in [6.07, 6.45) is 6.41. The van der Waals surface area contributed by atoms with E-state index in [0.29, 0.717) is 21.4 Å². The van der Waals surface area contributed by atoms with Crippen LogP contribution >= 0.6 is 11.3 Å². The Bertz CT molecular complexity index is 1340. The first-order valence-electron chi connectivity index (χ1n) is 10.1. The number of carbonyl (C=O) groups is 2. The SMILES string of the molecule is CCCCc1ccc2c(c1)sc(=NC(=O)c1ccc3nccnc3c1)n2CC(=O)OC. The van der Waals surface area contributed by atoms with E-state index < -0.39 is 11.9 Å². The molecule has 0 bridgehead atoms. The normalized spacial score (nSPS) is 11.9. The molecular formula is C23H22N4O3S. The maximum Gasteiger partial charge on any atom is 0.325 e. The number of rotatable bonds is 6. The molecule has 0 fully saturated rings. The van der Waals surface area contributed by atoms with Crippen LogP contribution in [0.3, 0.4) is 0 Å². The molecule has 0 radical (unpaired) electrons. The van der Waals surface area contributed by atoms with Crippen molar-refractivity contribution >= 4 is 44.5 Å². The Morgan fingerprint density at radius 3 is 2.68 bits per heavy atom. The van der Waals surface area contributed by atoms with Gasteiger partial charge >= 0.3 is 5.97 Å². The Morgan fingerprint density at radius 1 is 1.10 bits per heavy atom. The maximum atomic E-state index is 12.9. The van der Waals surface area contributed by atoms with Crippen LogP contribution in [-0.4, -0.2) is 33.5 Å². The summed E-state index contributed by atoms with van der Waals surface area (Å²) in [5, 5.41) is 0. The van der Waals surface area contributed by atoms with Crippen molar-refractivity contribution < 1.29 is 14.3 Å². The second kappa shape index (κ2) is 9.18. The van der Waals surface area contributed by atoms with Crippen LogP contribution in [0.2, 0.25) is 0 Å². The van der Waals surface area contributed by atoms with Gasteiger partial charge in [0.25, 0.3) is 5.91 Å². The van der Waals surface area contributed by atoms with E-state index in [2.05, 4.69) is 34.0 Å². The molecule has 2 aromatic carbocycles. The highest BCUT2D eigenvalue weighted by atomic mass is 32.1. The first-order chi connectivity index (χ1) is 15.1. The molecule has 2 heterocycles. The monoisotopic (exact) mass is 434 g/mol. The lowest BCUT2D eigenvalue weighted by atomic mass is 10.1. The van der Waals surface area contributed by atoms with E-state index >= 15 is 0 Å². The number of thiazole rings is 1. The molecule has 0 unspecified atom stereocenters. The topological polar surface area (TPSA) is 86.4 Å². The Kier molecular flexibility index (Phi) is 6.18. The van der Waals surface area contributed by atoms with Gasteiger partial charge < -0.3 is 9.30 Å². The zero-order valence-electron chi connectivity index (χ0n) is 17.4. The minimum Gasteiger partial charge on any atom is -0.468 e. The molecule has 0 saturated heterocycles. The Hall–Kier alpha value is -3.39. The lowest BCUT2D eigenvalue weighted by Gasteiger charge is -2.05. The second-order valence-corrected chi connectivity index (χ2v) is 8.14. The molecule has 2 aromatic heterocycles. The first-order valence-corrected chi connectivity index (χ1v) is 10.9. The van der Waals surface area contributed by atoms with Crippen molar-refractivity contribution in [3.63, 3.8) is 0 Å². The second-order valence-electron chi connectivity index (χ2n) is 7.13. The number of hydrogen-bond donors (Lipinski definition) is 0. The maximum absolute atomic E-state index is 12.9. The van der Waals surface area contributed by atoms with Crippen LogP contribution in [0.15, 0.2) is 53.8 Å². The van der Waals surface area contributed by atoms with Crippen molar-refractivity contribution in [3.05, 3.63) is 64.7 Å². The summed E-state index contributed by atoms with van der Waals surface area (Å²) < 4.78 is 7.56. The number of unbranched alkanes of at least 4 members (excludes halogenated alkanes) is 1. The van der Waals surface area contributed by atoms with E-state index in [9.17, 15) is 9.59 Å². The lowest BCUT2D eigenvalue weighted by molar-refractivity contribution is -0.141. The van der Waals surface area contributed by atoms with Gasteiger partial charge in [-0.3, -0.25) is 19.6 Å². The summed E-state index contributed by atoms with van der Waals surface area (Å²) in [5.74, 6) is -0.798. The van der Waals surface area contributed by atoms with Crippen molar-refractivity contribution in [3.8, 4) is 0 Å². The fourth-order valence-corrected chi connectivity index (χ4v) is 4.42. The first kappa shape index (κ1) is 20.9. The van der Waals surface area contributed by atoms with Crippen molar-refractivity contribution in [1.29, 1.82) is 0 Å². The number of ether oxygens (including phenoxy) is 1. The third kappa shape index (κ3) is 4.54. The van der Waals surface area contributed by atoms with Crippen LogP contribution < -0.4 is 4.80 Å². The van der Waals surface area contributed by atoms with Crippen LogP contribution in [0.25, 0.3) is 21.3 Å². The molecule has 0 saturated carbocycles. The number of methoxy groups -OCH3 is 1. The van der Waals surface area contributed by atoms with Gasteiger partial charge in [-0.1, -0.05) is 30.7 Å². The van der Waals surface area contributed by atoms with E-state index in [1.54, 1.807) is 35.2 Å². The number of benzene rings is 2. The van der Waals surface area contributed by atoms with Crippen LogP contribution in [0.1, 0.15) is 35.7 Å². The molecular weight excluding hydrogens is 412 g/mol. The highest BCUT2D eigenvalue weighted by molar-refractivity contribution is 7.16. The van der Waals surface area contributed by atoms with Gasteiger partial charge in [-0.2, -0.15) is 4.99 Å². The van der Waals surface area contributed by atoms with E-state index in [-0.39, 0.29) is 6.54 Å². The predicted molar refractivity (Wildman–Crippen MR) is 120 cm³/mol. The largest absolute Gasteiger partial charge is 0.468 e. The summed E-state index contributed by atoms with van der Waals surface area (Å²) in [6, 6.07) is 11.3. The summed E-state index contributed by atoms with van der Waals surface area (Å²) in [7, 11) is 1.35. The molecule has 0 spiro atoms. The smallest absolute Gasteiger partial charge is 0.325 e. The molecule has 0 aliphatic carbocycles. The fourth-order valence-electron chi connectivity index (χ4n) is 3.33. The number of esters is 1. The van der Waals surface area contributed by atoms with Gasteiger partial charge in [-0.15, -0.1) is 0 Å². The molecule has 7 nitrogen and oxygen atoms in total. The van der Waals surface area contributed by atoms with Crippen LogP contribution in [0, 0.1) is 0 Å². The Labute approximate surface area is 183 Å². The third-order valence-corrected chi connectivity index (χ3v) is 6.04. The van der Waals surface area contributed by atoms with Crippen molar-refractivity contribution in [2.45, 2.75) is 32.7 Å². The minimum atomic E-state index is -0.399. The molecule has 31 heavy (non-hydrogen) atoms. The third-order valence-electron chi connectivity index (χ3n) is 4.99. The van der Waals surface area contributed by atoms with Crippen LogP contribution in [0.5, 0.6) is 0 Å². The van der Waals surface area contributed by atoms with E-state index in [0.717, 1.165) is 29.5 Å². The zero-order valence-corrected chi connectivity index (χ0v) is 18.2. The van der Waals surface area contributed by atoms with Crippen LogP contribution in [-0.2, 0) is 22.5 Å². The molecule has 0 aliphatic heterocycles. The van der Waals surface area contributed by atoms with Gasteiger partial charge in [0.15, 0.2) is 4.80 Å². The summed E-state index contributed by atoms with van der Waals surface area (Å²) in [6.45, 7) is 2.15. The van der Waals surface area contributed by atoms with Crippen molar-refractivity contribution in [2.75, 3.05) is 7.11 Å². The quantitative estimate of drug-likeness (QED) is 0.430. The summed E-state index contributed by atoms with van der Waals surface area (Å²) in [4.78, 5) is 38.2. The molecule has 4 aromatic rings. The zero-order chi connectivity index (χ0) is 21.8. The molecule has 0 aliphatic rings. The lowest BCUT2D eigenvalue weighted by Crippen LogP contribution is -2.22. The number of fused-ring (bicyclic) bond motifs is 2. The van der Waals surface area contributed by atoms with Gasteiger partial charge in [-0.05, 0) is 48.7 Å². The number of carbonyl (C=O) groups excluding carboxylic acids is 2. The van der Waals surface area contributed by atoms with Crippen molar-refractivity contribution in [1.82, 2.24) is 14.5 Å². The predicted octanol–water partition coefficient (Wildman–Crippen LogP) is 3.90. The molecule has 0 atom stereocenters. The van der Waals surface area contributed by atoms with Gasteiger partial charge in [-0.25, -0.2) is 0 Å². The van der Waals surface area contributed by atoms with Gasteiger partial charge in [0.2, 0.25) is 0 Å². The summed E-state index contributed by atoms with van der Waals surface area (Å²) >= 11 is 1.39. The van der Waals surface area contributed by atoms with E-state index in [1.807, 2.05) is 6.07 Å². The Balaban J connectivity index is 1.78. The van der Waals surface area contributed by atoms with Crippen molar-refractivity contribution in [2.24, 2.45) is 4.99 Å². The number of nitrogens with zero attached hydrogens (tertiary/aromatic N) is 4. The van der Waals surface area contributed by atoms with Gasteiger partial charge in [0.05, 0.1) is 28.4 Å². The molecule has 4 rings (SSSR count). The molecule has 158 valence electrons. The summed E-state index contributed by atoms with van der Waals surface area (Å²) in [5.41, 5.74) is 3.83. The highest BCUT2D eigenvalue weighted by Crippen LogP contribution is 2.21. The molecule has 1 amide bonds.